The quantitative estimate of drug-likeness (QED) is 0.595. The standard InChI is InChI=1S/C23H31N5O3S/c1-18-12-19(2)28(25-18)10-9-27-16-21-14-26(15-22(17-27)31-21)8-3-11-32(29,30)23-6-4-20(13-24)5-7-23/h4-7,12,21-22H,3,8-11,14-17H2,1-2H3. The van der Waals surface area contributed by atoms with Gasteiger partial charge in [-0.1, -0.05) is 0 Å². The van der Waals surface area contributed by atoms with Gasteiger partial charge in [0, 0.05) is 38.4 Å². The van der Waals surface area contributed by atoms with Crippen LogP contribution in [0, 0.1) is 25.2 Å². The first-order valence-corrected chi connectivity index (χ1v) is 12.8. The molecule has 1 aromatic carbocycles. The molecular weight excluding hydrogens is 426 g/mol. The van der Waals surface area contributed by atoms with Gasteiger partial charge in [-0.3, -0.25) is 14.5 Å². The fraction of sp³-hybridized carbons (Fsp3) is 0.565. The van der Waals surface area contributed by atoms with Gasteiger partial charge in [0.05, 0.1) is 46.7 Å². The van der Waals surface area contributed by atoms with Gasteiger partial charge in [-0.25, -0.2) is 8.42 Å². The van der Waals surface area contributed by atoms with Crippen LogP contribution in [-0.2, 0) is 21.1 Å². The minimum Gasteiger partial charge on any atom is -0.370 e. The lowest BCUT2D eigenvalue weighted by molar-refractivity contribution is -0.138. The number of hydrogen-bond donors (Lipinski definition) is 0. The lowest BCUT2D eigenvalue weighted by atomic mass is 10.1. The van der Waals surface area contributed by atoms with E-state index in [1.165, 1.54) is 17.8 Å². The Balaban J connectivity index is 1.23. The van der Waals surface area contributed by atoms with E-state index in [4.69, 9.17) is 10.00 Å². The predicted octanol–water partition coefficient (Wildman–Crippen LogP) is 1.62. The first-order valence-electron chi connectivity index (χ1n) is 11.2. The van der Waals surface area contributed by atoms with Crippen molar-refractivity contribution in [3.05, 3.63) is 47.3 Å². The Kier molecular flexibility index (Phi) is 6.96. The van der Waals surface area contributed by atoms with Crippen molar-refractivity contribution in [3.63, 3.8) is 0 Å². The number of hydrogen-bond acceptors (Lipinski definition) is 7. The Morgan fingerprint density at radius 2 is 1.66 bits per heavy atom. The number of nitrogens with zero attached hydrogens (tertiary/aromatic N) is 5. The summed E-state index contributed by atoms with van der Waals surface area (Å²) < 4.78 is 33.4. The molecule has 9 heteroatoms. The Morgan fingerprint density at radius 3 is 2.22 bits per heavy atom. The number of nitriles is 1. The minimum atomic E-state index is -3.33. The lowest BCUT2D eigenvalue weighted by Crippen LogP contribution is -2.59. The molecule has 0 aliphatic carbocycles. The largest absolute Gasteiger partial charge is 0.370 e. The van der Waals surface area contributed by atoms with E-state index in [-0.39, 0.29) is 22.9 Å². The Bertz CT molecular complexity index is 1060. The number of aromatic nitrogens is 2. The number of morpholine rings is 2. The van der Waals surface area contributed by atoms with E-state index in [1.54, 1.807) is 12.1 Å². The van der Waals surface area contributed by atoms with Crippen molar-refractivity contribution >= 4 is 9.84 Å². The van der Waals surface area contributed by atoms with E-state index >= 15 is 0 Å². The monoisotopic (exact) mass is 457 g/mol. The smallest absolute Gasteiger partial charge is 0.178 e. The molecule has 2 fully saturated rings. The molecule has 172 valence electrons. The molecule has 2 aliphatic heterocycles. The fourth-order valence-electron chi connectivity index (χ4n) is 4.70. The second-order valence-corrected chi connectivity index (χ2v) is 11.0. The van der Waals surface area contributed by atoms with E-state index in [2.05, 4.69) is 32.6 Å². The zero-order valence-corrected chi connectivity index (χ0v) is 19.6. The molecule has 0 radical (unpaired) electrons. The van der Waals surface area contributed by atoms with Crippen LogP contribution in [0.4, 0.5) is 0 Å². The Labute approximate surface area is 190 Å². The van der Waals surface area contributed by atoms with E-state index in [0.717, 1.165) is 51.5 Å². The molecule has 2 aliphatic rings. The van der Waals surface area contributed by atoms with Gasteiger partial charge < -0.3 is 4.74 Å². The van der Waals surface area contributed by atoms with Crippen LogP contribution in [0.25, 0.3) is 0 Å². The molecule has 8 nitrogen and oxygen atoms in total. The number of ether oxygens (including phenoxy) is 1. The van der Waals surface area contributed by atoms with Crippen molar-refractivity contribution in [2.24, 2.45) is 0 Å². The summed E-state index contributed by atoms with van der Waals surface area (Å²) in [6.07, 6.45) is 0.917. The van der Waals surface area contributed by atoms with Crippen LogP contribution in [0.1, 0.15) is 23.4 Å². The first kappa shape index (κ1) is 22.9. The molecule has 32 heavy (non-hydrogen) atoms. The fourth-order valence-corrected chi connectivity index (χ4v) is 5.99. The van der Waals surface area contributed by atoms with Gasteiger partial charge in [0.2, 0.25) is 0 Å². The molecule has 1 aromatic heterocycles. The summed E-state index contributed by atoms with van der Waals surface area (Å²) in [5.41, 5.74) is 2.71. The van der Waals surface area contributed by atoms with E-state index < -0.39 is 9.84 Å². The van der Waals surface area contributed by atoms with Crippen molar-refractivity contribution in [2.75, 3.05) is 45.0 Å². The maximum absolute atomic E-state index is 12.6. The third-order valence-electron chi connectivity index (χ3n) is 6.19. The highest BCUT2D eigenvalue weighted by Gasteiger charge is 2.34. The highest BCUT2D eigenvalue weighted by molar-refractivity contribution is 7.91. The maximum Gasteiger partial charge on any atom is 0.178 e. The van der Waals surface area contributed by atoms with E-state index in [0.29, 0.717) is 12.0 Å². The van der Waals surface area contributed by atoms with Gasteiger partial charge >= 0.3 is 0 Å². The van der Waals surface area contributed by atoms with Crippen LogP contribution in [-0.4, -0.2) is 85.2 Å². The third-order valence-corrected chi connectivity index (χ3v) is 8.01. The van der Waals surface area contributed by atoms with Gasteiger partial charge in [-0.15, -0.1) is 0 Å². The molecule has 0 spiro atoms. The molecule has 0 amide bonds. The van der Waals surface area contributed by atoms with Crippen LogP contribution in [0.15, 0.2) is 35.2 Å². The zero-order valence-electron chi connectivity index (χ0n) is 18.8. The van der Waals surface area contributed by atoms with Crippen LogP contribution in [0.2, 0.25) is 0 Å². The summed E-state index contributed by atoms with van der Waals surface area (Å²) in [5.74, 6) is 0.111. The van der Waals surface area contributed by atoms with Crippen molar-refractivity contribution in [1.29, 1.82) is 5.26 Å². The third kappa shape index (κ3) is 5.56. The summed E-state index contributed by atoms with van der Waals surface area (Å²) >= 11 is 0. The average molecular weight is 458 g/mol. The topological polar surface area (TPSA) is 91.5 Å². The van der Waals surface area contributed by atoms with Gasteiger partial charge in [-0.2, -0.15) is 10.4 Å². The molecule has 2 saturated heterocycles. The summed E-state index contributed by atoms with van der Waals surface area (Å²) in [5, 5.41) is 13.4. The summed E-state index contributed by atoms with van der Waals surface area (Å²) in [6, 6.07) is 10.3. The highest BCUT2D eigenvalue weighted by Crippen LogP contribution is 2.20. The summed E-state index contributed by atoms with van der Waals surface area (Å²) in [7, 11) is -3.33. The molecule has 0 saturated carbocycles. The molecule has 2 bridgehead atoms. The average Bonchev–Trinajstić information content (AvgIpc) is 3.08. The van der Waals surface area contributed by atoms with Crippen molar-refractivity contribution in [2.45, 2.75) is 43.9 Å². The lowest BCUT2D eigenvalue weighted by Gasteiger charge is -2.46. The van der Waals surface area contributed by atoms with Crippen molar-refractivity contribution in [1.82, 2.24) is 19.6 Å². The predicted molar refractivity (Wildman–Crippen MR) is 121 cm³/mol. The van der Waals surface area contributed by atoms with Gasteiger partial charge in [-0.05, 0) is 57.1 Å². The van der Waals surface area contributed by atoms with Gasteiger partial charge in [0.1, 0.15) is 0 Å². The maximum atomic E-state index is 12.6. The van der Waals surface area contributed by atoms with Crippen LogP contribution in [0.3, 0.4) is 0 Å². The van der Waals surface area contributed by atoms with Crippen LogP contribution < -0.4 is 0 Å². The minimum absolute atomic E-state index is 0.111. The highest BCUT2D eigenvalue weighted by atomic mass is 32.2. The second kappa shape index (κ2) is 9.71. The number of rotatable bonds is 8. The SMILES string of the molecule is Cc1cc(C)n(CCN2CC3CN(CCCS(=O)(=O)c4ccc(C#N)cc4)CC(C2)O3)n1. The molecule has 2 aromatic rings. The van der Waals surface area contributed by atoms with E-state index in [9.17, 15) is 8.42 Å². The number of sulfone groups is 1. The van der Waals surface area contributed by atoms with Crippen LogP contribution >= 0.6 is 0 Å². The van der Waals surface area contributed by atoms with Crippen LogP contribution in [0.5, 0.6) is 0 Å². The van der Waals surface area contributed by atoms with Crippen molar-refractivity contribution < 1.29 is 13.2 Å². The van der Waals surface area contributed by atoms with Gasteiger partial charge in [0.15, 0.2) is 9.84 Å². The molecule has 2 atom stereocenters. The van der Waals surface area contributed by atoms with Gasteiger partial charge in [0.25, 0.3) is 0 Å². The number of aryl methyl sites for hydroxylation is 2. The second-order valence-electron chi connectivity index (χ2n) is 8.86. The summed E-state index contributed by atoms with van der Waals surface area (Å²) in [4.78, 5) is 5.08. The molecule has 3 heterocycles. The molecular formula is C23H31N5O3S. The molecule has 4 rings (SSSR count). The normalized spacial score (nSPS) is 22.0. The number of benzene rings is 1. The van der Waals surface area contributed by atoms with E-state index in [1.807, 2.05) is 13.0 Å². The first-order chi connectivity index (χ1) is 15.3. The Morgan fingerprint density at radius 1 is 1.03 bits per heavy atom. The number of fused-ring (bicyclic) bond motifs is 2. The Hall–Kier alpha value is -2.25. The molecule has 0 N–H and O–H groups in total. The molecule has 2 unspecified atom stereocenters. The van der Waals surface area contributed by atoms with Crippen molar-refractivity contribution in [3.8, 4) is 6.07 Å². The zero-order chi connectivity index (χ0) is 22.7. The summed E-state index contributed by atoms with van der Waals surface area (Å²) in [6.45, 7) is 10.2.